The highest BCUT2D eigenvalue weighted by atomic mass is 35.5. The zero-order valence-corrected chi connectivity index (χ0v) is 16.5. The van der Waals surface area contributed by atoms with Gasteiger partial charge in [-0.3, -0.25) is 9.59 Å². The smallest absolute Gasteiger partial charge is 0.225 e. The molecule has 0 radical (unpaired) electrons. The van der Waals surface area contributed by atoms with Crippen molar-refractivity contribution < 1.29 is 9.59 Å². The van der Waals surface area contributed by atoms with Crippen LogP contribution in [-0.2, 0) is 9.59 Å². The molecule has 2 amide bonds. The maximum absolute atomic E-state index is 12.9. The number of halogens is 1. The van der Waals surface area contributed by atoms with E-state index in [1.807, 2.05) is 4.90 Å². The second kappa shape index (κ2) is 11.7. The summed E-state index contributed by atoms with van der Waals surface area (Å²) in [4.78, 5) is 26.7. The number of nitrogens with one attached hydrogen (secondary N) is 1. The largest absolute Gasteiger partial charge is 0.354 e. The van der Waals surface area contributed by atoms with Gasteiger partial charge in [0.05, 0.1) is 0 Å². The van der Waals surface area contributed by atoms with Crippen LogP contribution in [0.5, 0.6) is 0 Å². The molecule has 5 nitrogen and oxygen atoms in total. The number of carbonyl (C=O) groups is 2. The lowest BCUT2D eigenvalue weighted by Crippen LogP contribution is -2.51. The Bertz CT molecular complexity index is 413. The van der Waals surface area contributed by atoms with E-state index in [-0.39, 0.29) is 30.3 Å². The molecule has 2 atom stereocenters. The molecule has 2 rings (SSSR count). The molecule has 0 spiro atoms. The van der Waals surface area contributed by atoms with E-state index in [1.165, 1.54) is 32.1 Å². The van der Waals surface area contributed by atoms with Gasteiger partial charge in [-0.15, -0.1) is 12.4 Å². The lowest BCUT2D eigenvalue weighted by Gasteiger charge is -2.38. The highest BCUT2D eigenvalue weighted by Gasteiger charge is 2.31. The second-order valence-corrected chi connectivity index (χ2v) is 7.66. The normalized spacial score (nSPS) is 22.8. The fourth-order valence-electron chi connectivity index (χ4n) is 4.26. The molecule has 6 heteroatoms. The highest BCUT2D eigenvalue weighted by Crippen LogP contribution is 2.30. The van der Waals surface area contributed by atoms with Crippen LogP contribution in [0.3, 0.4) is 0 Å². The van der Waals surface area contributed by atoms with Crippen LogP contribution in [0.15, 0.2) is 0 Å². The van der Waals surface area contributed by atoms with E-state index in [1.54, 1.807) is 0 Å². The van der Waals surface area contributed by atoms with Crippen LogP contribution in [0.25, 0.3) is 0 Å². The number of hydrogen-bond acceptors (Lipinski definition) is 3. The molecule has 1 aliphatic carbocycles. The molecule has 1 saturated carbocycles. The first-order valence-electron chi connectivity index (χ1n) is 9.89. The average Bonchev–Trinajstić information content (AvgIpc) is 2.60. The minimum Gasteiger partial charge on any atom is -0.354 e. The van der Waals surface area contributed by atoms with Crippen molar-refractivity contribution in [3.63, 3.8) is 0 Å². The molecule has 0 aromatic carbocycles. The first kappa shape index (κ1) is 22.2. The van der Waals surface area contributed by atoms with E-state index in [0.717, 1.165) is 38.1 Å². The third-order valence-electron chi connectivity index (χ3n) is 5.65. The van der Waals surface area contributed by atoms with Gasteiger partial charge >= 0.3 is 0 Å². The highest BCUT2D eigenvalue weighted by molar-refractivity contribution is 5.85. The number of likely N-dealkylation sites (tertiary alicyclic amines) is 1. The van der Waals surface area contributed by atoms with Crippen molar-refractivity contribution in [1.82, 2.24) is 10.2 Å². The maximum Gasteiger partial charge on any atom is 0.225 e. The number of nitrogens with two attached hydrogens (primary N) is 1. The first-order chi connectivity index (χ1) is 11.6. The van der Waals surface area contributed by atoms with Crippen LogP contribution in [0.1, 0.15) is 71.1 Å². The summed E-state index contributed by atoms with van der Waals surface area (Å²) in [6.07, 6.45) is 11.2. The Morgan fingerprint density at radius 3 is 2.48 bits per heavy atom. The summed E-state index contributed by atoms with van der Waals surface area (Å²) in [7, 11) is 0. The Morgan fingerprint density at radius 2 is 1.80 bits per heavy atom. The van der Waals surface area contributed by atoms with Crippen LogP contribution in [0.4, 0.5) is 0 Å². The van der Waals surface area contributed by atoms with E-state index >= 15 is 0 Å². The summed E-state index contributed by atoms with van der Waals surface area (Å²) in [6.45, 7) is 3.87. The third kappa shape index (κ3) is 7.14. The first-order valence-corrected chi connectivity index (χ1v) is 9.89. The summed E-state index contributed by atoms with van der Waals surface area (Å²) in [5.41, 5.74) is 5.42. The Kier molecular flexibility index (Phi) is 10.4. The van der Waals surface area contributed by atoms with Crippen molar-refractivity contribution in [1.29, 1.82) is 0 Å². The van der Waals surface area contributed by atoms with E-state index in [0.29, 0.717) is 25.4 Å². The van der Waals surface area contributed by atoms with Crippen LogP contribution in [0, 0.1) is 11.8 Å². The van der Waals surface area contributed by atoms with Crippen molar-refractivity contribution in [2.75, 3.05) is 19.6 Å². The van der Waals surface area contributed by atoms with Gasteiger partial charge in [-0.1, -0.05) is 39.0 Å². The van der Waals surface area contributed by atoms with Gasteiger partial charge in [0.25, 0.3) is 0 Å². The number of carbonyl (C=O) groups excluding carboxylic acids is 2. The summed E-state index contributed by atoms with van der Waals surface area (Å²) >= 11 is 0. The van der Waals surface area contributed by atoms with Crippen molar-refractivity contribution in [2.45, 2.75) is 77.2 Å². The van der Waals surface area contributed by atoms with Gasteiger partial charge in [-0.25, -0.2) is 0 Å². The van der Waals surface area contributed by atoms with E-state index < -0.39 is 0 Å². The fraction of sp³-hybridized carbons (Fsp3) is 0.895. The van der Waals surface area contributed by atoms with Crippen LogP contribution < -0.4 is 11.1 Å². The molecule has 0 aromatic heterocycles. The lowest BCUT2D eigenvalue weighted by atomic mass is 9.82. The predicted molar refractivity (Wildman–Crippen MR) is 104 cm³/mol. The molecule has 1 aliphatic heterocycles. The minimum absolute atomic E-state index is 0. The molecule has 1 heterocycles. The fourth-order valence-corrected chi connectivity index (χ4v) is 4.26. The molecular weight excluding hydrogens is 338 g/mol. The number of piperidine rings is 1. The van der Waals surface area contributed by atoms with Gasteiger partial charge in [-0.2, -0.15) is 0 Å². The van der Waals surface area contributed by atoms with Gasteiger partial charge in [0.1, 0.15) is 0 Å². The number of hydrogen-bond donors (Lipinski definition) is 2. The average molecular weight is 374 g/mol. The Morgan fingerprint density at radius 1 is 1.12 bits per heavy atom. The number of amides is 2. The molecule has 0 bridgehead atoms. The van der Waals surface area contributed by atoms with E-state index in [4.69, 9.17) is 5.73 Å². The monoisotopic (exact) mass is 373 g/mol. The molecule has 1 saturated heterocycles. The minimum atomic E-state index is -0.00859. The number of nitrogens with zero attached hydrogens (tertiary/aromatic N) is 1. The zero-order chi connectivity index (χ0) is 17.4. The van der Waals surface area contributed by atoms with Gasteiger partial charge in [0.15, 0.2) is 0 Å². The maximum atomic E-state index is 12.9. The summed E-state index contributed by atoms with van der Waals surface area (Å²) in [5.74, 6) is 1.11. The zero-order valence-electron chi connectivity index (χ0n) is 15.7. The van der Waals surface area contributed by atoms with Crippen molar-refractivity contribution in [3.05, 3.63) is 0 Å². The van der Waals surface area contributed by atoms with Crippen LogP contribution >= 0.6 is 12.4 Å². The summed E-state index contributed by atoms with van der Waals surface area (Å²) in [6, 6.07) is 0.154. The van der Waals surface area contributed by atoms with Gasteiger partial charge < -0.3 is 16.0 Å². The van der Waals surface area contributed by atoms with E-state index in [9.17, 15) is 9.59 Å². The van der Waals surface area contributed by atoms with Crippen molar-refractivity contribution in [2.24, 2.45) is 17.6 Å². The Balaban J connectivity index is 0.00000312. The van der Waals surface area contributed by atoms with Crippen molar-refractivity contribution >= 4 is 24.2 Å². The summed E-state index contributed by atoms with van der Waals surface area (Å²) < 4.78 is 0. The van der Waals surface area contributed by atoms with Gasteiger partial charge in [-0.05, 0) is 31.6 Å². The Hall–Kier alpha value is -0.810. The van der Waals surface area contributed by atoms with E-state index in [2.05, 4.69) is 12.2 Å². The second-order valence-electron chi connectivity index (χ2n) is 7.66. The summed E-state index contributed by atoms with van der Waals surface area (Å²) in [5, 5.41) is 2.95. The molecule has 2 unspecified atom stereocenters. The van der Waals surface area contributed by atoms with Gasteiger partial charge in [0.2, 0.25) is 11.8 Å². The molecule has 25 heavy (non-hydrogen) atoms. The van der Waals surface area contributed by atoms with Crippen LogP contribution in [-0.4, -0.2) is 42.4 Å². The standard InChI is InChI=1S/C19H35N3O2.ClH/c1-15(13-16-7-3-2-4-8-16)19(24)22-12-6-5-9-17(22)14-21-18(23)10-11-20;/h15-17H,2-14,20H2,1H3,(H,21,23);1H. The van der Waals surface area contributed by atoms with Gasteiger partial charge in [0, 0.05) is 38.0 Å². The molecule has 2 aliphatic rings. The molecule has 146 valence electrons. The SMILES string of the molecule is CC(CC1CCCCC1)C(=O)N1CCCCC1CNC(=O)CCN.Cl. The predicted octanol–water partition coefficient (Wildman–Crippen LogP) is 2.86. The third-order valence-corrected chi connectivity index (χ3v) is 5.65. The molecular formula is C19H36ClN3O2. The lowest BCUT2D eigenvalue weighted by molar-refractivity contribution is -0.139. The quantitative estimate of drug-likeness (QED) is 0.720. The molecule has 2 fully saturated rings. The van der Waals surface area contributed by atoms with Crippen molar-refractivity contribution in [3.8, 4) is 0 Å². The topological polar surface area (TPSA) is 75.4 Å². The number of rotatable bonds is 7. The molecule has 3 N–H and O–H groups in total. The molecule has 0 aromatic rings. The Labute approximate surface area is 158 Å². The van der Waals surface area contributed by atoms with Crippen LogP contribution in [0.2, 0.25) is 0 Å².